The maximum atomic E-state index is 13.7. The van der Waals surface area contributed by atoms with Crippen LogP contribution in [-0.4, -0.2) is 53.5 Å². The molecule has 10 heteroatoms. The van der Waals surface area contributed by atoms with E-state index in [4.69, 9.17) is 9.57 Å². The average molecular weight is 549 g/mol. The number of amides is 2. The number of aromatic nitrogens is 1. The minimum absolute atomic E-state index is 0.0502. The largest absolute Gasteiger partial charge is 0.496 e. The number of nitrogens with zero attached hydrogens (tertiary/aromatic N) is 2. The molecule has 3 N–H and O–H groups in total. The number of benzene rings is 2. The Morgan fingerprint density at radius 3 is 2.72 bits per heavy atom. The number of methoxy groups -OCH3 is 1. The van der Waals surface area contributed by atoms with E-state index >= 15 is 0 Å². The molecular weight excluding hydrogens is 516 g/mol. The highest BCUT2D eigenvalue weighted by molar-refractivity contribution is 7.18. The van der Waals surface area contributed by atoms with Crippen LogP contribution in [0.2, 0.25) is 0 Å². The second kappa shape index (κ2) is 10.6. The quantitative estimate of drug-likeness (QED) is 0.395. The lowest BCUT2D eigenvalue weighted by molar-refractivity contribution is 0.0684. The number of thiazole rings is 1. The number of fused-ring (bicyclic) bond motifs is 2. The van der Waals surface area contributed by atoms with Crippen molar-refractivity contribution in [2.75, 3.05) is 19.0 Å². The van der Waals surface area contributed by atoms with E-state index in [0.29, 0.717) is 22.6 Å². The number of hydrogen-bond donors (Lipinski definition) is 3. The van der Waals surface area contributed by atoms with Crippen molar-refractivity contribution in [2.24, 2.45) is 17.0 Å². The van der Waals surface area contributed by atoms with Crippen LogP contribution in [0.3, 0.4) is 0 Å². The second-order valence-corrected chi connectivity index (χ2v) is 11.9. The maximum absolute atomic E-state index is 13.7. The number of hydrogen-bond acceptors (Lipinski definition) is 8. The Morgan fingerprint density at radius 2 is 1.95 bits per heavy atom. The van der Waals surface area contributed by atoms with Crippen LogP contribution in [0.1, 0.15) is 69.8 Å². The first-order valence-electron chi connectivity index (χ1n) is 13.5. The van der Waals surface area contributed by atoms with Gasteiger partial charge in [0.05, 0.1) is 44.9 Å². The molecule has 2 heterocycles. The molecule has 2 amide bonds. The third-order valence-electron chi connectivity index (χ3n) is 8.06. The van der Waals surface area contributed by atoms with E-state index in [1.54, 1.807) is 18.2 Å². The van der Waals surface area contributed by atoms with Crippen molar-refractivity contribution in [1.29, 1.82) is 0 Å². The average Bonchev–Trinajstić information content (AvgIpc) is 3.72. The molecule has 0 saturated heterocycles. The number of ether oxygens (including phenoxy) is 1. The lowest BCUT2D eigenvalue weighted by Gasteiger charge is -2.16. The van der Waals surface area contributed by atoms with Crippen LogP contribution in [0, 0.1) is 18.8 Å². The van der Waals surface area contributed by atoms with Crippen molar-refractivity contribution in [3.05, 3.63) is 52.0 Å². The number of anilines is 1. The molecule has 9 nitrogen and oxygen atoms in total. The van der Waals surface area contributed by atoms with E-state index in [9.17, 15) is 14.7 Å². The molecule has 3 aliphatic rings. The highest BCUT2D eigenvalue weighted by Crippen LogP contribution is 2.40. The molecule has 1 aliphatic heterocycles. The fourth-order valence-electron chi connectivity index (χ4n) is 6.06. The first-order valence-corrected chi connectivity index (χ1v) is 14.3. The van der Waals surface area contributed by atoms with E-state index in [0.717, 1.165) is 65.0 Å². The van der Waals surface area contributed by atoms with E-state index in [1.165, 1.54) is 18.4 Å². The van der Waals surface area contributed by atoms with Gasteiger partial charge in [0.25, 0.3) is 11.8 Å². The van der Waals surface area contributed by atoms with Gasteiger partial charge in [-0.2, -0.15) is 0 Å². The van der Waals surface area contributed by atoms with E-state index < -0.39 is 5.91 Å². The summed E-state index contributed by atoms with van der Waals surface area (Å²) in [7, 11) is 1.52. The van der Waals surface area contributed by atoms with Crippen molar-refractivity contribution in [2.45, 2.75) is 57.6 Å². The summed E-state index contributed by atoms with van der Waals surface area (Å²) in [5.74, 6) is 0.0754. The first kappa shape index (κ1) is 25.8. The minimum Gasteiger partial charge on any atom is -0.496 e. The fraction of sp³-hybridized carbons (Fsp3) is 0.448. The monoisotopic (exact) mass is 548 g/mol. The minimum atomic E-state index is -0.398. The molecule has 2 aliphatic carbocycles. The van der Waals surface area contributed by atoms with E-state index in [2.05, 4.69) is 20.8 Å². The summed E-state index contributed by atoms with van der Waals surface area (Å²) in [6.45, 7) is 2.05. The predicted molar refractivity (Wildman–Crippen MR) is 150 cm³/mol. The molecule has 6 rings (SSSR count). The zero-order valence-corrected chi connectivity index (χ0v) is 22.8. The standard InChI is InChI=1S/C29H32N4O5S/c1-15-30-23-13-22(19(12-26(23)39-15)28(35)31-18-5-3-4-6-18)32-29(36)21-11-17(7-8-24(21)37-2)27-20-9-16(14-34)10-25(20)38-33-27/h7-8,11-13,16,18,20,25,34H,3-6,9-10,14H2,1-2H3,(H,31,35)(H,32,36). The topological polar surface area (TPSA) is 122 Å². The molecule has 204 valence electrons. The van der Waals surface area contributed by atoms with Gasteiger partial charge in [0.2, 0.25) is 0 Å². The number of carbonyl (C=O) groups excluding carboxylic acids is 2. The van der Waals surface area contributed by atoms with Gasteiger partial charge >= 0.3 is 0 Å². The van der Waals surface area contributed by atoms with Gasteiger partial charge in [0.15, 0.2) is 0 Å². The third-order valence-corrected chi connectivity index (χ3v) is 8.99. The summed E-state index contributed by atoms with van der Waals surface area (Å²) >= 11 is 1.52. The summed E-state index contributed by atoms with van der Waals surface area (Å²) in [6.07, 6.45) is 5.65. The van der Waals surface area contributed by atoms with Gasteiger partial charge in [-0.05, 0) is 68.9 Å². The van der Waals surface area contributed by atoms with Crippen LogP contribution in [0.15, 0.2) is 35.5 Å². The zero-order chi connectivity index (χ0) is 27.1. The first-order chi connectivity index (χ1) is 18.9. The Labute approximate surface area is 230 Å². The predicted octanol–water partition coefficient (Wildman–Crippen LogP) is 4.66. The van der Waals surface area contributed by atoms with Crippen LogP contribution >= 0.6 is 11.3 Å². The number of aryl methyl sites for hydroxylation is 1. The number of aliphatic hydroxyl groups excluding tert-OH is 1. The lowest BCUT2D eigenvalue weighted by atomic mass is 9.92. The summed E-state index contributed by atoms with van der Waals surface area (Å²) in [5, 5.41) is 20.9. The number of rotatable bonds is 7. The lowest BCUT2D eigenvalue weighted by Crippen LogP contribution is -2.33. The SMILES string of the molecule is COc1ccc(C2=NOC3CC(CO)CC23)cc1C(=O)Nc1cc2nc(C)sc2cc1C(=O)NC1CCCC1. The maximum Gasteiger partial charge on any atom is 0.259 e. The molecule has 3 unspecified atom stereocenters. The van der Waals surface area contributed by atoms with Crippen molar-refractivity contribution < 1.29 is 24.3 Å². The number of carbonyl (C=O) groups is 2. The molecular formula is C29H32N4O5S. The van der Waals surface area contributed by atoms with Crippen molar-refractivity contribution in [1.82, 2.24) is 10.3 Å². The number of nitrogens with one attached hydrogen (secondary N) is 2. The molecule has 3 aromatic rings. The highest BCUT2D eigenvalue weighted by Gasteiger charge is 2.43. The molecule has 39 heavy (non-hydrogen) atoms. The molecule has 1 aromatic heterocycles. The van der Waals surface area contributed by atoms with Crippen LogP contribution in [-0.2, 0) is 4.84 Å². The highest BCUT2D eigenvalue weighted by atomic mass is 32.1. The van der Waals surface area contributed by atoms with Crippen molar-refractivity contribution in [3.63, 3.8) is 0 Å². The number of aliphatic hydroxyl groups is 1. The molecule has 0 spiro atoms. The zero-order valence-electron chi connectivity index (χ0n) is 22.0. The van der Waals surface area contributed by atoms with Gasteiger partial charge in [0.1, 0.15) is 11.9 Å². The van der Waals surface area contributed by atoms with Gasteiger partial charge in [0, 0.05) is 24.1 Å². The van der Waals surface area contributed by atoms with Crippen LogP contribution < -0.4 is 15.4 Å². The van der Waals surface area contributed by atoms with Crippen LogP contribution in [0.4, 0.5) is 5.69 Å². The van der Waals surface area contributed by atoms with Gasteiger partial charge in [-0.3, -0.25) is 9.59 Å². The normalized spacial score (nSPS) is 22.4. The molecule has 0 bridgehead atoms. The Morgan fingerprint density at radius 1 is 1.13 bits per heavy atom. The smallest absolute Gasteiger partial charge is 0.259 e. The Hall–Kier alpha value is -3.50. The fourth-order valence-corrected chi connectivity index (χ4v) is 6.91. The Balaban J connectivity index is 1.31. The summed E-state index contributed by atoms with van der Waals surface area (Å²) in [5.41, 5.74) is 3.44. The summed E-state index contributed by atoms with van der Waals surface area (Å²) in [6, 6.07) is 9.11. The molecule has 2 fully saturated rings. The van der Waals surface area contributed by atoms with E-state index in [-0.39, 0.29) is 36.5 Å². The second-order valence-electron chi connectivity index (χ2n) is 10.7. The molecule has 3 atom stereocenters. The summed E-state index contributed by atoms with van der Waals surface area (Å²) in [4.78, 5) is 37.3. The van der Waals surface area contributed by atoms with Gasteiger partial charge < -0.3 is 25.3 Å². The molecule has 2 aromatic carbocycles. The van der Waals surface area contributed by atoms with Crippen molar-refractivity contribution >= 4 is 44.8 Å². The molecule has 2 saturated carbocycles. The Kier molecular flexibility index (Phi) is 6.99. The van der Waals surface area contributed by atoms with Crippen molar-refractivity contribution in [3.8, 4) is 5.75 Å². The summed E-state index contributed by atoms with van der Waals surface area (Å²) < 4.78 is 6.42. The van der Waals surface area contributed by atoms with Gasteiger partial charge in [-0.25, -0.2) is 4.98 Å². The third kappa shape index (κ3) is 4.98. The van der Waals surface area contributed by atoms with Crippen LogP contribution in [0.25, 0.3) is 10.2 Å². The van der Waals surface area contributed by atoms with Crippen LogP contribution in [0.5, 0.6) is 5.75 Å². The Bertz CT molecular complexity index is 1460. The molecule has 0 radical (unpaired) electrons. The van der Waals surface area contributed by atoms with E-state index in [1.807, 2.05) is 19.1 Å². The number of oxime groups is 1. The van der Waals surface area contributed by atoms with Gasteiger partial charge in [-0.1, -0.05) is 18.0 Å². The van der Waals surface area contributed by atoms with Gasteiger partial charge in [-0.15, -0.1) is 11.3 Å².